The number of nitrogens with two attached hydrogens (primary N) is 1. The second-order valence-electron chi connectivity index (χ2n) is 3.66. The van der Waals surface area contributed by atoms with E-state index in [0.29, 0.717) is 19.1 Å². The molecule has 0 spiro atoms. The Balaban J connectivity index is 4.03. The molecule has 0 aromatic carbocycles. The summed E-state index contributed by atoms with van der Waals surface area (Å²) in [6.07, 6.45) is 0.903. The van der Waals surface area contributed by atoms with E-state index in [9.17, 15) is 4.79 Å². The van der Waals surface area contributed by atoms with Gasteiger partial charge in [0.25, 0.3) is 0 Å². The van der Waals surface area contributed by atoms with Gasteiger partial charge in [-0.25, -0.2) is 10.8 Å². The van der Waals surface area contributed by atoms with Gasteiger partial charge in [-0.3, -0.25) is 10.2 Å². The predicted molar refractivity (Wildman–Crippen MR) is 67.4 cm³/mol. The van der Waals surface area contributed by atoms with Crippen molar-refractivity contribution in [3.63, 3.8) is 0 Å². The SMILES string of the molecule is CCCNC(=O)CN=C(NN)NC(C)COC. The van der Waals surface area contributed by atoms with E-state index < -0.39 is 0 Å². The highest BCUT2D eigenvalue weighted by molar-refractivity contribution is 5.84. The number of amides is 1. The lowest BCUT2D eigenvalue weighted by Gasteiger charge is -2.15. The van der Waals surface area contributed by atoms with Gasteiger partial charge in [0, 0.05) is 19.7 Å². The van der Waals surface area contributed by atoms with E-state index in [4.69, 9.17) is 10.6 Å². The quantitative estimate of drug-likeness (QED) is 0.199. The number of carbonyl (C=O) groups excluding carboxylic acids is 1. The molecular formula is C10H23N5O2. The van der Waals surface area contributed by atoms with Crippen LogP contribution in [-0.4, -0.2) is 44.7 Å². The number of aliphatic imine (C=N–C) groups is 1. The van der Waals surface area contributed by atoms with Crippen LogP contribution in [0.15, 0.2) is 4.99 Å². The third-order valence-corrected chi connectivity index (χ3v) is 1.89. The molecule has 0 rings (SSSR count). The number of nitrogens with one attached hydrogen (secondary N) is 3. The van der Waals surface area contributed by atoms with Crippen LogP contribution in [0.25, 0.3) is 0 Å². The molecule has 1 unspecified atom stereocenters. The Bertz CT molecular complexity index is 245. The lowest BCUT2D eigenvalue weighted by molar-refractivity contribution is -0.119. The van der Waals surface area contributed by atoms with Crippen molar-refractivity contribution in [3.8, 4) is 0 Å². The molecule has 0 bridgehead atoms. The van der Waals surface area contributed by atoms with Crippen LogP contribution in [0.5, 0.6) is 0 Å². The normalized spacial score (nSPS) is 13.1. The van der Waals surface area contributed by atoms with Crippen molar-refractivity contribution >= 4 is 11.9 Å². The second kappa shape index (κ2) is 9.86. The molecule has 0 aromatic heterocycles. The fourth-order valence-electron chi connectivity index (χ4n) is 1.13. The molecule has 7 heteroatoms. The van der Waals surface area contributed by atoms with E-state index in [2.05, 4.69) is 21.1 Å². The predicted octanol–water partition coefficient (Wildman–Crippen LogP) is -1.04. The topological polar surface area (TPSA) is 101 Å². The summed E-state index contributed by atoms with van der Waals surface area (Å²) in [5.74, 6) is 5.54. The Morgan fingerprint density at radius 2 is 2.24 bits per heavy atom. The summed E-state index contributed by atoms with van der Waals surface area (Å²) < 4.78 is 4.96. The summed E-state index contributed by atoms with van der Waals surface area (Å²) in [5, 5.41) is 5.71. The molecule has 0 saturated carbocycles. The Hall–Kier alpha value is -1.34. The first-order chi connectivity index (χ1) is 8.13. The maximum Gasteiger partial charge on any atom is 0.241 e. The minimum atomic E-state index is -0.124. The van der Waals surface area contributed by atoms with Crippen LogP contribution < -0.4 is 21.9 Å². The zero-order valence-electron chi connectivity index (χ0n) is 10.7. The Kier molecular flexibility index (Phi) is 9.08. The minimum Gasteiger partial charge on any atom is -0.383 e. The fraction of sp³-hybridized carbons (Fsp3) is 0.800. The van der Waals surface area contributed by atoms with Crippen LogP contribution >= 0.6 is 0 Å². The minimum absolute atomic E-state index is 0.0479. The molecule has 0 heterocycles. The van der Waals surface area contributed by atoms with Gasteiger partial charge in [0.2, 0.25) is 11.9 Å². The molecule has 17 heavy (non-hydrogen) atoms. The summed E-state index contributed by atoms with van der Waals surface area (Å²) in [7, 11) is 1.61. The molecule has 0 aromatic rings. The number of methoxy groups -OCH3 is 1. The van der Waals surface area contributed by atoms with Gasteiger partial charge in [0.05, 0.1) is 6.61 Å². The summed E-state index contributed by atoms with van der Waals surface area (Å²) in [4.78, 5) is 15.3. The molecule has 100 valence electrons. The van der Waals surface area contributed by atoms with Gasteiger partial charge in [-0.2, -0.15) is 0 Å². The van der Waals surface area contributed by atoms with Crippen LogP contribution in [0.2, 0.25) is 0 Å². The van der Waals surface area contributed by atoms with Crippen LogP contribution in [0, 0.1) is 0 Å². The standard InChI is InChI=1S/C10H23N5O2/c1-4-5-12-9(16)6-13-10(15-11)14-8(2)7-17-3/h8H,4-7,11H2,1-3H3,(H,12,16)(H2,13,14,15). The Labute approximate surface area is 102 Å². The van der Waals surface area contributed by atoms with Crippen molar-refractivity contribution in [2.24, 2.45) is 10.8 Å². The zero-order valence-corrected chi connectivity index (χ0v) is 10.7. The Morgan fingerprint density at radius 3 is 2.76 bits per heavy atom. The first-order valence-corrected chi connectivity index (χ1v) is 5.67. The molecule has 0 radical (unpaired) electrons. The van der Waals surface area contributed by atoms with Gasteiger partial charge >= 0.3 is 0 Å². The first kappa shape index (κ1) is 15.7. The molecule has 0 saturated heterocycles. The average Bonchev–Trinajstić information content (AvgIpc) is 2.32. The lowest BCUT2D eigenvalue weighted by atomic mass is 10.4. The molecular weight excluding hydrogens is 222 g/mol. The van der Waals surface area contributed by atoms with Gasteiger partial charge < -0.3 is 15.4 Å². The molecule has 0 fully saturated rings. The molecule has 0 aliphatic rings. The monoisotopic (exact) mass is 245 g/mol. The van der Waals surface area contributed by atoms with Crippen LogP contribution in [-0.2, 0) is 9.53 Å². The lowest BCUT2D eigenvalue weighted by Crippen LogP contribution is -2.47. The van der Waals surface area contributed by atoms with Gasteiger partial charge in [-0.15, -0.1) is 0 Å². The van der Waals surface area contributed by atoms with Crippen LogP contribution in [0.4, 0.5) is 0 Å². The smallest absolute Gasteiger partial charge is 0.241 e. The number of guanidine groups is 1. The van der Waals surface area contributed by atoms with Crippen molar-refractivity contribution in [1.82, 2.24) is 16.1 Å². The van der Waals surface area contributed by atoms with E-state index in [0.717, 1.165) is 6.42 Å². The number of hydrazine groups is 1. The highest BCUT2D eigenvalue weighted by atomic mass is 16.5. The van der Waals surface area contributed by atoms with Gasteiger partial charge in [0.1, 0.15) is 6.54 Å². The molecule has 7 nitrogen and oxygen atoms in total. The van der Waals surface area contributed by atoms with Crippen molar-refractivity contribution < 1.29 is 9.53 Å². The van der Waals surface area contributed by atoms with Crippen molar-refractivity contribution in [3.05, 3.63) is 0 Å². The van der Waals surface area contributed by atoms with E-state index in [-0.39, 0.29) is 18.5 Å². The molecule has 1 amide bonds. The van der Waals surface area contributed by atoms with Crippen LogP contribution in [0.3, 0.4) is 0 Å². The number of nitrogens with zero attached hydrogens (tertiary/aromatic N) is 1. The van der Waals surface area contributed by atoms with E-state index in [1.165, 1.54) is 0 Å². The molecule has 5 N–H and O–H groups in total. The number of carbonyl (C=O) groups is 1. The third-order valence-electron chi connectivity index (χ3n) is 1.89. The van der Waals surface area contributed by atoms with Crippen molar-refractivity contribution in [2.45, 2.75) is 26.3 Å². The maximum atomic E-state index is 11.3. The number of rotatable bonds is 7. The van der Waals surface area contributed by atoms with E-state index in [1.807, 2.05) is 13.8 Å². The summed E-state index contributed by atoms with van der Waals surface area (Å²) in [6, 6.07) is 0.0634. The van der Waals surface area contributed by atoms with E-state index in [1.54, 1.807) is 7.11 Å². The Morgan fingerprint density at radius 1 is 1.53 bits per heavy atom. The largest absolute Gasteiger partial charge is 0.383 e. The maximum absolute atomic E-state index is 11.3. The number of hydrogen-bond acceptors (Lipinski definition) is 4. The third kappa shape index (κ3) is 8.47. The number of ether oxygens (including phenoxy) is 1. The van der Waals surface area contributed by atoms with Crippen molar-refractivity contribution in [1.29, 1.82) is 0 Å². The number of hydrogen-bond donors (Lipinski definition) is 4. The van der Waals surface area contributed by atoms with Gasteiger partial charge in [0.15, 0.2) is 0 Å². The fourth-order valence-corrected chi connectivity index (χ4v) is 1.13. The summed E-state index contributed by atoms with van der Waals surface area (Å²) in [6.45, 7) is 5.15. The van der Waals surface area contributed by atoms with E-state index >= 15 is 0 Å². The van der Waals surface area contributed by atoms with Gasteiger partial charge in [-0.05, 0) is 13.3 Å². The molecule has 0 aliphatic carbocycles. The molecule has 1 atom stereocenters. The summed E-state index contributed by atoms with van der Waals surface area (Å²) in [5.41, 5.74) is 2.41. The first-order valence-electron chi connectivity index (χ1n) is 5.67. The van der Waals surface area contributed by atoms with Crippen molar-refractivity contribution in [2.75, 3.05) is 26.8 Å². The molecule has 0 aliphatic heterocycles. The second-order valence-corrected chi connectivity index (χ2v) is 3.66. The highest BCUT2D eigenvalue weighted by Crippen LogP contribution is 1.83. The zero-order chi connectivity index (χ0) is 13.1. The highest BCUT2D eigenvalue weighted by Gasteiger charge is 2.04. The van der Waals surface area contributed by atoms with Crippen LogP contribution in [0.1, 0.15) is 20.3 Å². The average molecular weight is 245 g/mol. The summed E-state index contributed by atoms with van der Waals surface area (Å²) >= 11 is 0. The van der Waals surface area contributed by atoms with Gasteiger partial charge in [-0.1, -0.05) is 6.92 Å².